The van der Waals surface area contributed by atoms with Gasteiger partial charge >= 0.3 is 5.97 Å². The highest BCUT2D eigenvalue weighted by Gasteiger charge is 2.16. The van der Waals surface area contributed by atoms with Gasteiger partial charge in [0.25, 0.3) is 0 Å². The number of ether oxygens (including phenoxy) is 1. The minimum Gasteiger partial charge on any atom is -0.459 e. The molecular weight excluding hydrogens is 328 g/mol. The van der Waals surface area contributed by atoms with Gasteiger partial charge in [0, 0.05) is 20.1 Å². The quantitative estimate of drug-likeness (QED) is 0.463. The zero-order chi connectivity index (χ0) is 19.0. The molecule has 0 amide bonds. The number of nitrogens with zero attached hydrogens (tertiary/aromatic N) is 2. The molecular formula is C20H32N4O2. The number of guanidine groups is 1. The van der Waals surface area contributed by atoms with E-state index in [1.807, 2.05) is 20.8 Å². The molecule has 0 aliphatic carbocycles. The molecule has 1 saturated heterocycles. The molecule has 6 heteroatoms. The highest BCUT2D eigenvalue weighted by molar-refractivity contribution is 5.84. The predicted octanol–water partition coefficient (Wildman–Crippen LogP) is 2.29. The van der Waals surface area contributed by atoms with Crippen LogP contribution in [-0.2, 0) is 22.6 Å². The molecule has 1 fully saturated rings. The third-order valence-electron chi connectivity index (χ3n) is 4.13. The molecule has 0 bridgehead atoms. The largest absolute Gasteiger partial charge is 0.459 e. The van der Waals surface area contributed by atoms with Crippen molar-refractivity contribution in [2.45, 2.75) is 52.3 Å². The summed E-state index contributed by atoms with van der Waals surface area (Å²) < 4.78 is 5.27. The van der Waals surface area contributed by atoms with Crippen LogP contribution in [-0.4, -0.2) is 49.1 Å². The fourth-order valence-corrected chi connectivity index (χ4v) is 2.90. The fourth-order valence-electron chi connectivity index (χ4n) is 2.90. The van der Waals surface area contributed by atoms with Crippen molar-refractivity contribution in [2.24, 2.45) is 4.99 Å². The molecule has 0 saturated carbocycles. The Kier molecular flexibility index (Phi) is 7.45. The van der Waals surface area contributed by atoms with Crippen LogP contribution in [0.5, 0.6) is 0 Å². The van der Waals surface area contributed by atoms with Gasteiger partial charge in [-0.1, -0.05) is 24.3 Å². The Hall–Kier alpha value is -2.08. The summed E-state index contributed by atoms with van der Waals surface area (Å²) in [6.45, 7) is 9.75. The van der Waals surface area contributed by atoms with Gasteiger partial charge in [-0.25, -0.2) is 0 Å². The van der Waals surface area contributed by atoms with E-state index in [-0.39, 0.29) is 12.5 Å². The molecule has 1 aliphatic heterocycles. The van der Waals surface area contributed by atoms with Crippen LogP contribution in [0.4, 0.5) is 0 Å². The third-order valence-corrected chi connectivity index (χ3v) is 4.13. The number of carbonyl (C=O) groups excluding carboxylic acids is 1. The number of carbonyl (C=O) groups is 1. The highest BCUT2D eigenvalue weighted by Crippen LogP contribution is 2.13. The van der Waals surface area contributed by atoms with Gasteiger partial charge in [-0.15, -0.1) is 0 Å². The van der Waals surface area contributed by atoms with Gasteiger partial charge < -0.3 is 15.4 Å². The van der Waals surface area contributed by atoms with Crippen LogP contribution in [0, 0.1) is 0 Å². The molecule has 0 aromatic heterocycles. The number of aliphatic imine (C=N–C) groups is 1. The molecule has 2 N–H and O–H groups in total. The number of hydrogen-bond acceptors (Lipinski definition) is 4. The van der Waals surface area contributed by atoms with Crippen LogP contribution in [0.15, 0.2) is 29.3 Å². The van der Waals surface area contributed by atoms with E-state index in [0.717, 1.165) is 6.54 Å². The van der Waals surface area contributed by atoms with E-state index in [1.165, 1.54) is 37.1 Å². The summed E-state index contributed by atoms with van der Waals surface area (Å²) in [5.41, 5.74) is 2.05. The summed E-state index contributed by atoms with van der Waals surface area (Å²) in [4.78, 5) is 18.4. The highest BCUT2D eigenvalue weighted by atomic mass is 16.6. The topological polar surface area (TPSA) is 66.0 Å². The lowest BCUT2D eigenvalue weighted by atomic mass is 10.1. The molecule has 0 spiro atoms. The zero-order valence-electron chi connectivity index (χ0n) is 16.5. The fraction of sp³-hybridized carbons (Fsp3) is 0.600. The van der Waals surface area contributed by atoms with Crippen molar-refractivity contribution in [2.75, 3.05) is 26.7 Å². The van der Waals surface area contributed by atoms with E-state index < -0.39 is 5.60 Å². The molecule has 0 unspecified atom stereocenters. The van der Waals surface area contributed by atoms with Crippen LogP contribution in [0.3, 0.4) is 0 Å². The predicted molar refractivity (Wildman–Crippen MR) is 105 cm³/mol. The number of nitrogens with one attached hydrogen (secondary N) is 2. The van der Waals surface area contributed by atoms with Gasteiger partial charge in [0.05, 0.1) is 0 Å². The molecule has 1 aliphatic rings. The lowest BCUT2D eigenvalue weighted by molar-refractivity contribution is -0.153. The van der Waals surface area contributed by atoms with E-state index in [1.54, 1.807) is 7.05 Å². The summed E-state index contributed by atoms with van der Waals surface area (Å²) in [7, 11) is 1.68. The van der Waals surface area contributed by atoms with Gasteiger partial charge in [0.1, 0.15) is 12.1 Å². The molecule has 1 aromatic carbocycles. The average molecular weight is 361 g/mol. The third kappa shape index (κ3) is 7.44. The molecule has 0 atom stereocenters. The SMILES string of the molecule is CN=C(NCC(=O)OC(C)(C)C)NCc1ccc(CN2CCCC2)cc1. The van der Waals surface area contributed by atoms with Gasteiger partial charge in [-0.3, -0.25) is 14.7 Å². The first-order valence-electron chi connectivity index (χ1n) is 9.32. The van der Waals surface area contributed by atoms with Crippen molar-refractivity contribution in [3.8, 4) is 0 Å². The number of rotatable bonds is 6. The minimum absolute atomic E-state index is 0.0890. The van der Waals surface area contributed by atoms with Crippen molar-refractivity contribution in [1.29, 1.82) is 0 Å². The number of esters is 1. The standard InChI is InChI=1S/C20H32N4O2/c1-20(2,3)26-18(25)14-23-19(21-4)22-13-16-7-9-17(10-8-16)15-24-11-5-6-12-24/h7-10H,5-6,11-15H2,1-4H3,(H2,21,22,23). The smallest absolute Gasteiger partial charge is 0.325 e. The summed E-state index contributed by atoms with van der Waals surface area (Å²) in [5, 5.41) is 6.20. The number of benzene rings is 1. The number of hydrogen-bond donors (Lipinski definition) is 2. The van der Waals surface area contributed by atoms with Crippen molar-refractivity contribution in [3.05, 3.63) is 35.4 Å². The molecule has 26 heavy (non-hydrogen) atoms. The van der Waals surface area contributed by atoms with Crippen molar-refractivity contribution < 1.29 is 9.53 Å². The van der Waals surface area contributed by atoms with Crippen molar-refractivity contribution >= 4 is 11.9 Å². The maximum absolute atomic E-state index is 11.8. The van der Waals surface area contributed by atoms with E-state index in [0.29, 0.717) is 12.5 Å². The van der Waals surface area contributed by atoms with Gasteiger partial charge in [0.15, 0.2) is 5.96 Å². The van der Waals surface area contributed by atoms with Crippen LogP contribution in [0.1, 0.15) is 44.7 Å². The van der Waals surface area contributed by atoms with Crippen molar-refractivity contribution in [1.82, 2.24) is 15.5 Å². The molecule has 1 heterocycles. The minimum atomic E-state index is -0.480. The van der Waals surface area contributed by atoms with Gasteiger partial charge in [0.2, 0.25) is 0 Å². The first-order chi connectivity index (χ1) is 12.4. The van der Waals surface area contributed by atoms with E-state index in [4.69, 9.17) is 4.74 Å². The Labute approximate surface area is 157 Å². The Balaban J connectivity index is 1.74. The second kappa shape index (κ2) is 9.57. The van der Waals surface area contributed by atoms with E-state index in [2.05, 4.69) is 44.8 Å². The monoisotopic (exact) mass is 360 g/mol. The summed E-state index contributed by atoms with van der Waals surface area (Å²) in [6.07, 6.45) is 2.63. The van der Waals surface area contributed by atoms with Gasteiger partial charge in [-0.2, -0.15) is 0 Å². The molecule has 1 aromatic rings. The average Bonchev–Trinajstić information content (AvgIpc) is 3.08. The van der Waals surface area contributed by atoms with E-state index in [9.17, 15) is 4.79 Å². The molecule has 144 valence electrons. The Morgan fingerprint density at radius 3 is 2.31 bits per heavy atom. The molecule has 0 radical (unpaired) electrons. The Morgan fingerprint density at radius 2 is 1.73 bits per heavy atom. The van der Waals surface area contributed by atoms with Crippen LogP contribution >= 0.6 is 0 Å². The lowest BCUT2D eigenvalue weighted by Gasteiger charge is -2.20. The van der Waals surface area contributed by atoms with E-state index >= 15 is 0 Å². The second-order valence-corrected chi connectivity index (χ2v) is 7.67. The summed E-state index contributed by atoms with van der Waals surface area (Å²) in [5.74, 6) is 0.281. The maximum atomic E-state index is 11.8. The molecule has 6 nitrogen and oxygen atoms in total. The lowest BCUT2D eigenvalue weighted by Crippen LogP contribution is -2.41. The zero-order valence-corrected chi connectivity index (χ0v) is 16.5. The van der Waals surface area contributed by atoms with Crippen molar-refractivity contribution in [3.63, 3.8) is 0 Å². The first kappa shape index (κ1) is 20.2. The summed E-state index contributed by atoms with van der Waals surface area (Å²) >= 11 is 0. The second-order valence-electron chi connectivity index (χ2n) is 7.67. The first-order valence-corrected chi connectivity index (χ1v) is 9.32. The van der Waals surface area contributed by atoms with Crippen LogP contribution in [0.2, 0.25) is 0 Å². The maximum Gasteiger partial charge on any atom is 0.325 e. The Morgan fingerprint density at radius 1 is 1.12 bits per heavy atom. The summed E-state index contributed by atoms with van der Waals surface area (Å²) in [6, 6.07) is 8.65. The van der Waals surface area contributed by atoms with Gasteiger partial charge in [-0.05, 0) is 57.8 Å². The normalized spacial score (nSPS) is 15.8. The Bertz CT molecular complexity index is 599. The van der Waals surface area contributed by atoms with Crippen LogP contribution < -0.4 is 10.6 Å². The van der Waals surface area contributed by atoms with Crippen LogP contribution in [0.25, 0.3) is 0 Å². The molecule has 2 rings (SSSR count). The number of likely N-dealkylation sites (tertiary alicyclic amines) is 1.